The monoisotopic (exact) mass is 323 g/mol. The lowest BCUT2D eigenvalue weighted by molar-refractivity contribution is -0.131. The molecule has 3 amide bonds. The number of likely N-dealkylation sites (tertiary alicyclic amines) is 1. The highest BCUT2D eigenvalue weighted by Gasteiger charge is 2.36. The molecular formula is C16H22ClN3O2. The van der Waals surface area contributed by atoms with Crippen molar-refractivity contribution in [2.24, 2.45) is 0 Å². The van der Waals surface area contributed by atoms with Gasteiger partial charge in [-0.15, -0.1) is 0 Å². The Morgan fingerprint density at radius 2 is 2.14 bits per heavy atom. The third-order valence-corrected chi connectivity index (χ3v) is 3.85. The second kappa shape index (κ2) is 6.57. The third-order valence-electron chi connectivity index (χ3n) is 3.61. The van der Waals surface area contributed by atoms with E-state index >= 15 is 0 Å². The maximum Gasteiger partial charge on any atom is 0.315 e. The highest BCUT2D eigenvalue weighted by Crippen LogP contribution is 2.21. The fourth-order valence-electron chi connectivity index (χ4n) is 2.52. The Labute approximate surface area is 136 Å². The van der Waals surface area contributed by atoms with E-state index in [1.54, 1.807) is 11.0 Å². The zero-order chi connectivity index (χ0) is 16.3. The number of benzene rings is 1. The van der Waals surface area contributed by atoms with Gasteiger partial charge in [0.2, 0.25) is 5.91 Å². The van der Waals surface area contributed by atoms with Crippen molar-refractivity contribution in [2.45, 2.75) is 45.3 Å². The number of carbonyl (C=O) groups is 2. The Hall–Kier alpha value is -1.75. The molecule has 2 rings (SSSR count). The van der Waals surface area contributed by atoms with E-state index in [9.17, 15) is 9.59 Å². The molecule has 1 fully saturated rings. The second-order valence-corrected chi connectivity index (χ2v) is 6.97. The van der Waals surface area contributed by atoms with Gasteiger partial charge in [0.25, 0.3) is 0 Å². The summed E-state index contributed by atoms with van der Waals surface area (Å²) in [6.45, 7) is 6.93. The molecule has 1 aromatic rings. The maximum absolute atomic E-state index is 12.0. The Bertz CT molecular complexity index is 569. The van der Waals surface area contributed by atoms with Crippen molar-refractivity contribution in [2.75, 3.05) is 6.54 Å². The van der Waals surface area contributed by atoms with Crippen molar-refractivity contribution < 1.29 is 9.59 Å². The van der Waals surface area contributed by atoms with E-state index in [4.69, 9.17) is 11.6 Å². The molecule has 1 heterocycles. The van der Waals surface area contributed by atoms with Crippen LogP contribution in [0.2, 0.25) is 5.02 Å². The molecule has 1 aliphatic heterocycles. The first-order chi connectivity index (χ1) is 10.3. The molecule has 5 nitrogen and oxygen atoms in total. The van der Waals surface area contributed by atoms with E-state index in [0.29, 0.717) is 24.5 Å². The van der Waals surface area contributed by atoms with Crippen LogP contribution in [0.4, 0.5) is 4.79 Å². The van der Waals surface area contributed by atoms with E-state index in [1.165, 1.54) is 0 Å². The van der Waals surface area contributed by atoms with Crippen molar-refractivity contribution in [3.05, 3.63) is 34.9 Å². The van der Waals surface area contributed by atoms with Crippen molar-refractivity contribution in [1.29, 1.82) is 0 Å². The normalized spacial score (nSPS) is 18.5. The summed E-state index contributed by atoms with van der Waals surface area (Å²) < 4.78 is 0. The molecule has 0 aromatic heterocycles. The SMILES string of the molecule is CC(C)(C)N1CC(NC(=O)NCc2cccc(Cl)c2)CC1=O. The van der Waals surface area contributed by atoms with Crippen LogP contribution in [0.25, 0.3) is 0 Å². The van der Waals surface area contributed by atoms with Gasteiger partial charge in [0, 0.05) is 30.1 Å². The smallest absolute Gasteiger partial charge is 0.315 e. The Balaban J connectivity index is 1.82. The number of halogens is 1. The molecule has 6 heteroatoms. The zero-order valence-corrected chi connectivity index (χ0v) is 13.9. The van der Waals surface area contributed by atoms with E-state index in [2.05, 4.69) is 10.6 Å². The van der Waals surface area contributed by atoms with Gasteiger partial charge in [-0.3, -0.25) is 4.79 Å². The molecule has 1 aliphatic rings. The van der Waals surface area contributed by atoms with Crippen LogP contribution in [0.5, 0.6) is 0 Å². The fourth-order valence-corrected chi connectivity index (χ4v) is 2.73. The first kappa shape index (κ1) is 16.6. The minimum Gasteiger partial charge on any atom is -0.336 e. The summed E-state index contributed by atoms with van der Waals surface area (Å²) in [6.07, 6.45) is 0.349. The molecule has 120 valence electrons. The predicted molar refractivity (Wildman–Crippen MR) is 86.7 cm³/mol. The summed E-state index contributed by atoms with van der Waals surface area (Å²) in [6, 6.07) is 6.92. The molecule has 0 bridgehead atoms. The lowest BCUT2D eigenvalue weighted by Gasteiger charge is -2.32. The summed E-state index contributed by atoms with van der Waals surface area (Å²) in [5, 5.41) is 6.27. The lowest BCUT2D eigenvalue weighted by Crippen LogP contribution is -2.46. The zero-order valence-electron chi connectivity index (χ0n) is 13.1. The van der Waals surface area contributed by atoms with Gasteiger partial charge in [0.15, 0.2) is 0 Å². The van der Waals surface area contributed by atoms with E-state index in [1.807, 2.05) is 39.0 Å². The number of carbonyl (C=O) groups excluding carboxylic acids is 2. The fraction of sp³-hybridized carbons (Fsp3) is 0.500. The number of nitrogens with one attached hydrogen (secondary N) is 2. The quantitative estimate of drug-likeness (QED) is 0.898. The summed E-state index contributed by atoms with van der Waals surface area (Å²) in [7, 11) is 0. The number of rotatable bonds is 3. The van der Waals surface area contributed by atoms with Gasteiger partial charge in [-0.25, -0.2) is 4.79 Å². The number of urea groups is 1. The van der Waals surface area contributed by atoms with Gasteiger partial charge in [-0.05, 0) is 38.5 Å². The maximum atomic E-state index is 12.0. The molecule has 0 saturated carbocycles. The molecule has 1 unspecified atom stereocenters. The minimum absolute atomic E-state index is 0.0765. The summed E-state index contributed by atoms with van der Waals surface area (Å²) in [5.41, 5.74) is 0.714. The molecule has 2 N–H and O–H groups in total. The number of nitrogens with zero attached hydrogens (tertiary/aromatic N) is 1. The molecule has 1 saturated heterocycles. The number of hydrogen-bond donors (Lipinski definition) is 2. The molecule has 0 spiro atoms. The topological polar surface area (TPSA) is 61.4 Å². The van der Waals surface area contributed by atoms with Crippen LogP contribution in [0.3, 0.4) is 0 Å². The average molecular weight is 324 g/mol. The Morgan fingerprint density at radius 3 is 2.73 bits per heavy atom. The third kappa shape index (κ3) is 4.37. The summed E-state index contributed by atoms with van der Waals surface area (Å²) >= 11 is 5.90. The van der Waals surface area contributed by atoms with Crippen LogP contribution in [0.15, 0.2) is 24.3 Å². The van der Waals surface area contributed by atoms with E-state index < -0.39 is 0 Å². The van der Waals surface area contributed by atoms with Crippen LogP contribution in [0, 0.1) is 0 Å². The molecular weight excluding hydrogens is 302 g/mol. The predicted octanol–water partition coefficient (Wildman–Crippen LogP) is 2.54. The molecule has 1 aromatic carbocycles. The minimum atomic E-state index is -0.270. The molecule has 0 aliphatic carbocycles. The van der Waals surface area contributed by atoms with Gasteiger partial charge in [-0.1, -0.05) is 23.7 Å². The van der Waals surface area contributed by atoms with Crippen molar-refractivity contribution in [3.8, 4) is 0 Å². The standard InChI is InChI=1S/C16H22ClN3O2/c1-16(2,3)20-10-13(8-14(20)21)19-15(22)18-9-11-5-4-6-12(17)7-11/h4-7,13H,8-10H2,1-3H3,(H2,18,19,22). The largest absolute Gasteiger partial charge is 0.336 e. The number of hydrogen-bond acceptors (Lipinski definition) is 2. The van der Waals surface area contributed by atoms with E-state index in [0.717, 1.165) is 5.56 Å². The van der Waals surface area contributed by atoms with Gasteiger partial charge in [0.05, 0.1) is 6.04 Å². The van der Waals surface area contributed by atoms with Crippen LogP contribution in [0.1, 0.15) is 32.8 Å². The van der Waals surface area contributed by atoms with Gasteiger partial charge in [0.1, 0.15) is 0 Å². The lowest BCUT2D eigenvalue weighted by atomic mass is 10.1. The summed E-state index contributed by atoms with van der Waals surface area (Å²) in [4.78, 5) is 25.7. The summed E-state index contributed by atoms with van der Waals surface area (Å²) in [5.74, 6) is 0.0765. The Kier molecular flexibility index (Phi) is 4.96. The Morgan fingerprint density at radius 1 is 1.41 bits per heavy atom. The average Bonchev–Trinajstić information content (AvgIpc) is 2.77. The highest BCUT2D eigenvalue weighted by molar-refractivity contribution is 6.30. The van der Waals surface area contributed by atoms with Crippen molar-refractivity contribution in [1.82, 2.24) is 15.5 Å². The first-order valence-electron chi connectivity index (χ1n) is 7.35. The van der Waals surface area contributed by atoms with Gasteiger partial charge < -0.3 is 15.5 Å². The van der Waals surface area contributed by atoms with Crippen molar-refractivity contribution in [3.63, 3.8) is 0 Å². The highest BCUT2D eigenvalue weighted by atomic mass is 35.5. The first-order valence-corrected chi connectivity index (χ1v) is 7.73. The van der Waals surface area contributed by atoms with Gasteiger partial charge >= 0.3 is 6.03 Å². The van der Waals surface area contributed by atoms with Crippen LogP contribution in [-0.4, -0.2) is 35.0 Å². The second-order valence-electron chi connectivity index (χ2n) is 6.53. The molecule has 0 radical (unpaired) electrons. The van der Waals surface area contributed by atoms with E-state index in [-0.39, 0.29) is 23.5 Å². The van der Waals surface area contributed by atoms with Gasteiger partial charge in [-0.2, -0.15) is 0 Å². The van der Waals surface area contributed by atoms with Crippen LogP contribution >= 0.6 is 11.6 Å². The van der Waals surface area contributed by atoms with Crippen LogP contribution < -0.4 is 10.6 Å². The van der Waals surface area contributed by atoms with Crippen LogP contribution in [-0.2, 0) is 11.3 Å². The molecule has 22 heavy (non-hydrogen) atoms. The molecule has 1 atom stereocenters. The van der Waals surface area contributed by atoms with Crippen molar-refractivity contribution >= 4 is 23.5 Å². The number of amides is 3.